The Morgan fingerprint density at radius 3 is 2.36 bits per heavy atom. The Kier molecular flexibility index (Phi) is 9.45. The number of halogens is 1. The topological polar surface area (TPSA) is 41.1 Å². The average molecular weight is 728 g/mol. The second-order valence-electron chi connectivity index (χ2n) is 13.9. The van der Waals surface area contributed by atoms with Crippen molar-refractivity contribution >= 4 is 43.4 Å². The standard InChI is InChI=1S/C43H43BrN4O2/c1-46(2)18-17-38(37-14-8-12-32-11-6-7-13-36(32)37)39-27-35(44)26-33-25-34(23-30-9-4-3-5-10-30)43(45-42(33)39)48-21-19-47(20-22-48)28-31-15-16-40-41(24-31)50-29-49-40/h3-16,24-27,38H,17-23,28-29H2,1-2H3. The molecule has 1 atom stereocenters. The summed E-state index contributed by atoms with van der Waals surface area (Å²) in [6.45, 7) is 5.95. The number of hydrogen-bond acceptors (Lipinski definition) is 6. The highest BCUT2D eigenvalue weighted by molar-refractivity contribution is 9.10. The second kappa shape index (κ2) is 14.4. The smallest absolute Gasteiger partial charge is 0.231 e. The van der Waals surface area contributed by atoms with E-state index in [0.717, 1.165) is 79.4 Å². The van der Waals surface area contributed by atoms with E-state index >= 15 is 0 Å². The molecular formula is C43H43BrN4O2. The SMILES string of the molecule is CN(C)CCC(c1cccc2ccccc12)c1cc(Br)cc2cc(Cc3ccccc3)c(N3CCN(Cc4ccc5c(c4)OCO5)CC3)nc12. The number of nitrogens with zero attached hydrogens (tertiary/aromatic N) is 4. The molecule has 3 heterocycles. The van der Waals surface area contributed by atoms with Crippen molar-refractivity contribution in [2.45, 2.75) is 25.3 Å². The Labute approximate surface area is 303 Å². The molecule has 5 aromatic carbocycles. The predicted molar refractivity (Wildman–Crippen MR) is 208 cm³/mol. The fraction of sp³-hybridized carbons (Fsp3) is 0.279. The summed E-state index contributed by atoms with van der Waals surface area (Å²) in [5, 5.41) is 3.77. The van der Waals surface area contributed by atoms with Gasteiger partial charge >= 0.3 is 0 Å². The molecule has 1 saturated heterocycles. The number of piperazine rings is 1. The fourth-order valence-corrected chi connectivity index (χ4v) is 8.13. The van der Waals surface area contributed by atoms with Crippen molar-refractivity contribution in [3.63, 3.8) is 0 Å². The lowest BCUT2D eigenvalue weighted by molar-refractivity contribution is 0.174. The first-order valence-electron chi connectivity index (χ1n) is 17.6. The minimum Gasteiger partial charge on any atom is -0.454 e. The number of aromatic nitrogens is 1. The van der Waals surface area contributed by atoms with Crippen molar-refractivity contribution in [3.8, 4) is 11.5 Å². The second-order valence-corrected chi connectivity index (χ2v) is 14.8. The van der Waals surface area contributed by atoms with Crippen LogP contribution in [0.1, 0.15) is 40.2 Å². The average Bonchev–Trinajstić information content (AvgIpc) is 3.60. The van der Waals surface area contributed by atoms with Gasteiger partial charge in [0, 0.05) is 54.9 Å². The third-order valence-electron chi connectivity index (χ3n) is 10.2. The fourth-order valence-electron chi connectivity index (χ4n) is 7.63. The highest BCUT2D eigenvalue weighted by Gasteiger charge is 2.26. The molecule has 2 aliphatic heterocycles. The summed E-state index contributed by atoms with van der Waals surface area (Å²) in [6, 6.07) is 39.6. The van der Waals surface area contributed by atoms with Crippen LogP contribution in [0.15, 0.2) is 114 Å². The Bertz CT molecular complexity index is 2120. The molecule has 50 heavy (non-hydrogen) atoms. The predicted octanol–water partition coefficient (Wildman–Crippen LogP) is 8.88. The van der Waals surface area contributed by atoms with Gasteiger partial charge in [0.15, 0.2) is 11.5 Å². The van der Waals surface area contributed by atoms with Gasteiger partial charge in [-0.2, -0.15) is 0 Å². The van der Waals surface area contributed by atoms with Gasteiger partial charge in [-0.25, -0.2) is 4.98 Å². The molecule has 0 saturated carbocycles. The Balaban J connectivity index is 1.18. The summed E-state index contributed by atoms with van der Waals surface area (Å²) >= 11 is 3.92. The molecule has 1 aromatic heterocycles. The van der Waals surface area contributed by atoms with Gasteiger partial charge < -0.3 is 19.3 Å². The summed E-state index contributed by atoms with van der Waals surface area (Å²) in [5.74, 6) is 2.98. The number of ether oxygens (including phenoxy) is 2. The van der Waals surface area contributed by atoms with Crippen molar-refractivity contribution in [2.24, 2.45) is 0 Å². The molecule has 1 fully saturated rings. The maximum Gasteiger partial charge on any atom is 0.231 e. The zero-order chi connectivity index (χ0) is 34.0. The van der Waals surface area contributed by atoms with Gasteiger partial charge in [-0.3, -0.25) is 4.90 Å². The molecular weight excluding hydrogens is 684 g/mol. The van der Waals surface area contributed by atoms with Gasteiger partial charge in [-0.1, -0.05) is 94.8 Å². The molecule has 2 aliphatic rings. The molecule has 254 valence electrons. The summed E-state index contributed by atoms with van der Waals surface area (Å²) in [5.41, 5.74) is 7.56. The van der Waals surface area contributed by atoms with Crippen LogP contribution >= 0.6 is 15.9 Å². The minimum atomic E-state index is 0.183. The molecule has 0 amide bonds. The monoisotopic (exact) mass is 726 g/mol. The van der Waals surface area contributed by atoms with E-state index < -0.39 is 0 Å². The molecule has 0 spiro atoms. The molecule has 8 rings (SSSR count). The molecule has 0 aliphatic carbocycles. The Morgan fingerprint density at radius 1 is 0.740 bits per heavy atom. The summed E-state index contributed by atoms with van der Waals surface area (Å²) in [6.07, 6.45) is 1.83. The molecule has 0 radical (unpaired) electrons. The van der Waals surface area contributed by atoms with E-state index in [1.165, 1.54) is 44.0 Å². The van der Waals surface area contributed by atoms with Crippen molar-refractivity contribution in [1.29, 1.82) is 0 Å². The van der Waals surface area contributed by atoms with E-state index in [1.54, 1.807) is 0 Å². The number of anilines is 1. The maximum absolute atomic E-state index is 5.68. The van der Waals surface area contributed by atoms with E-state index in [2.05, 4.69) is 148 Å². The van der Waals surface area contributed by atoms with E-state index in [0.29, 0.717) is 6.79 Å². The first kappa shape index (κ1) is 32.8. The van der Waals surface area contributed by atoms with Gasteiger partial charge in [0.05, 0.1) is 5.52 Å². The quantitative estimate of drug-likeness (QED) is 0.141. The Morgan fingerprint density at radius 2 is 1.52 bits per heavy atom. The normalized spacial score (nSPS) is 15.3. The number of rotatable bonds is 10. The van der Waals surface area contributed by atoms with Crippen molar-refractivity contribution < 1.29 is 9.47 Å². The highest BCUT2D eigenvalue weighted by atomic mass is 79.9. The van der Waals surface area contributed by atoms with Crippen LogP contribution in [0.5, 0.6) is 11.5 Å². The van der Waals surface area contributed by atoms with Gasteiger partial charge in [-0.15, -0.1) is 0 Å². The molecule has 6 aromatic rings. The molecule has 7 heteroatoms. The third kappa shape index (κ3) is 6.95. The minimum absolute atomic E-state index is 0.183. The number of fused-ring (bicyclic) bond motifs is 3. The lowest BCUT2D eigenvalue weighted by Gasteiger charge is -2.36. The van der Waals surface area contributed by atoms with Crippen LogP contribution in [0.25, 0.3) is 21.7 Å². The van der Waals surface area contributed by atoms with Crippen LogP contribution in [0.2, 0.25) is 0 Å². The van der Waals surface area contributed by atoms with Gasteiger partial charge in [0.25, 0.3) is 0 Å². The van der Waals surface area contributed by atoms with Crippen molar-refractivity contribution in [3.05, 3.63) is 141 Å². The number of benzene rings is 5. The van der Waals surface area contributed by atoms with Crippen LogP contribution in [0.3, 0.4) is 0 Å². The van der Waals surface area contributed by atoms with Gasteiger partial charge in [-0.05, 0) is 96.0 Å². The first-order valence-corrected chi connectivity index (χ1v) is 18.4. The summed E-state index contributed by atoms with van der Waals surface area (Å²) in [7, 11) is 4.33. The van der Waals surface area contributed by atoms with Crippen LogP contribution in [-0.2, 0) is 13.0 Å². The zero-order valence-corrected chi connectivity index (χ0v) is 30.4. The lowest BCUT2D eigenvalue weighted by atomic mass is 9.84. The van der Waals surface area contributed by atoms with Crippen molar-refractivity contribution in [2.75, 3.05) is 58.5 Å². The van der Waals surface area contributed by atoms with E-state index in [4.69, 9.17) is 14.5 Å². The van der Waals surface area contributed by atoms with Gasteiger partial charge in [0.1, 0.15) is 5.82 Å². The Hall–Kier alpha value is -4.43. The summed E-state index contributed by atoms with van der Waals surface area (Å²) < 4.78 is 12.3. The maximum atomic E-state index is 5.68. The van der Waals surface area contributed by atoms with E-state index in [-0.39, 0.29) is 5.92 Å². The molecule has 0 bridgehead atoms. The molecule has 6 nitrogen and oxygen atoms in total. The molecule has 1 unspecified atom stereocenters. The van der Waals surface area contributed by atoms with E-state index in [1.807, 2.05) is 6.07 Å². The number of pyridine rings is 1. The van der Waals surface area contributed by atoms with Crippen molar-refractivity contribution in [1.82, 2.24) is 14.8 Å². The van der Waals surface area contributed by atoms with Crippen LogP contribution in [0, 0.1) is 0 Å². The first-order chi connectivity index (χ1) is 24.5. The van der Waals surface area contributed by atoms with Crippen LogP contribution in [0.4, 0.5) is 5.82 Å². The lowest BCUT2D eigenvalue weighted by Crippen LogP contribution is -2.46. The number of hydrogen-bond donors (Lipinski definition) is 0. The third-order valence-corrected chi connectivity index (χ3v) is 10.6. The molecule has 0 N–H and O–H groups in total. The van der Waals surface area contributed by atoms with Gasteiger partial charge in [0.2, 0.25) is 6.79 Å². The van der Waals surface area contributed by atoms with Crippen LogP contribution in [-0.4, -0.2) is 68.4 Å². The summed E-state index contributed by atoms with van der Waals surface area (Å²) in [4.78, 5) is 13.0. The van der Waals surface area contributed by atoms with Crippen LogP contribution < -0.4 is 14.4 Å². The largest absolute Gasteiger partial charge is 0.454 e. The highest BCUT2D eigenvalue weighted by Crippen LogP contribution is 2.40. The van der Waals surface area contributed by atoms with E-state index in [9.17, 15) is 0 Å². The zero-order valence-electron chi connectivity index (χ0n) is 28.8.